The highest BCUT2D eigenvalue weighted by molar-refractivity contribution is 7.92. The number of hydrogen-bond acceptors (Lipinski definition) is 7. The van der Waals surface area contributed by atoms with Gasteiger partial charge in [-0.2, -0.15) is 0 Å². The molecule has 0 spiro atoms. The predicted molar refractivity (Wildman–Crippen MR) is 134 cm³/mol. The molecule has 0 radical (unpaired) electrons. The number of carbonyl (C=O) groups excluding carboxylic acids is 1. The van der Waals surface area contributed by atoms with Crippen molar-refractivity contribution in [2.24, 2.45) is 0 Å². The van der Waals surface area contributed by atoms with Gasteiger partial charge in [0.05, 0.1) is 28.4 Å². The molecule has 0 atom stereocenters. The summed E-state index contributed by atoms with van der Waals surface area (Å²) in [5, 5.41) is 2.66. The first-order chi connectivity index (χ1) is 16.8. The van der Waals surface area contributed by atoms with E-state index in [4.69, 9.17) is 18.9 Å². The zero-order chi connectivity index (χ0) is 25.4. The molecule has 2 N–H and O–H groups in total. The fourth-order valence-electron chi connectivity index (χ4n) is 3.12. The van der Waals surface area contributed by atoms with Gasteiger partial charge >= 0.3 is 0 Å². The number of rotatable bonds is 10. The molecule has 3 rings (SSSR count). The van der Waals surface area contributed by atoms with E-state index in [-0.39, 0.29) is 16.3 Å². The number of methoxy groups -OCH3 is 4. The highest BCUT2D eigenvalue weighted by Crippen LogP contribution is 2.29. The van der Waals surface area contributed by atoms with E-state index in [1.165, 1.54) is 46.6 Å². The smallest absolute Gasteiger partial charge is 0.265 e. The van der Waals surface area contributed by atoms with E-state index in [0.29, 0.717) is 28.5 Å². The number of ether oxygens (including phenoxy) is 4. The van der Waals surface area contributed by atoms with Crippen LogP contribution in [0.25, 0.3) is 6.08 Å². The van der Waals surface area contributed by atoms with Gasteiger partial charge in [-0.1, -0.05) is 0 Å². The van der Waals surface area contributed by atoms with Crippen LogP contribution >= 0.6 is 0 Å². The standard InChI is InChI=1S/C25H26N2O7S/c1-31-20-9-6-18(7-10-20)27-35(29,30)24-15-19(8-11-23(24)34-4)26-25(28)12-5-17-13-21(32-2)16-22(14-17)33-3/h5-16,27H,1-4H3,(H,26,28)/b12-5+. The number of benzene rings is 3. The number of hydrogen-bond donors (Lipinski definition) is 2. The summed E-state index contributed by atoms with van der Waals surface area (Å²) in [5.41, 5.74) is 1.32. The first-order valence-corrected chi connectivity index (χ1v) is 11.8. The average Bonchev–Trinajstić information content (AvgIpc) is 2.87. The fourth-order valence-corrected chi connectivity index (χ4v) is 4.37. The molecule has 0 bridgehead atoms. The highest BCUT2D eigenvalue weighted by Gasteiger charge is 2.21. The maximum atomic E-state index is 13.0. The van der Waals surface area contributed by atoms with Gasteiger partial charge in [-0.15, -0.1) is 0 Å². The van der Waals surface area contributed by atoms with E-state index < -0.39 is 15.9 Å². The second-order valence-electron chi connectivity index (χ2n) is 7.17. The van der Waals surface area contributed by atoms with Gasteiger partial charge in [0.25, 0.3) is 10.0 Å². The molecule has 184 valence electrons. The third-order valence-corrected chi connectivity index (χ3v) is 6.27. The summed E-state index contributed by atoms with van der Waals surface area (Å²) >= 11 is 0. The maximum absolute atomic E-state index is 13.0. The van der Waals surface area contributed by atoms with Gasteiger partial charge in [-0.25, -0.2) is 8.42 Å². The predicted octanol–water partition coefficient (Wildman–Crippen LogP) is 4.17. The lowest BCUT2D eigenvalue weighted by Crippen LogP contribution is -2.15. The third-order valence-electron chi connectivity index (χ3n) is 4.86. The average molecular weight is 499 g/mol. The molecule has 3 aromatic carbocycles. The van der Waals surface area contributed by atoms with Gasteiger partial charge in [-0.05, 0) is 66.2 Å². The summed E-state index contributed by atoms with van der Waals surface area (Å²) in [4.78, 5) is 12.4. The van der Waals surface area contributed by atoms with Crippen LogP contribution in [-0.4, -0.2) is 42.8 Å². The lowest BCUT2D eigenvalue weighted by atomic mass is 10.2. The van der Waals surface area contributed by atoms with E-state index in [1.807, 2.05) is 0 Å². The molecule has 0 saturated heterocycles. The number of carbonyl (C=O) groups is 1. The Balaban J connectivity index is 1.80. The maximum Gasteiger partial charge on any atom is 0.265 e. The van der Waals surface area contributed by atoms with Crippen molar-refractivity contribution in [2.75, 3.05) is 38.5 Å². The molecule has 9 nitrogen and oxygen atoms in total. The Labute approximate surface area is 204 Å². The van der Waals surface area contributed by atoms with Crippen molar-refractivity contribution in [3.63, 3.8) is 0 Å². The van der Waals surface area contributed by atoms with E-state index >= 15 is 0 Å². The highest BCUT2D eigenvalue weighted by atomic mass is 32.2. The molecule has 0 unspecified atom stereocenters. The number of sulfonamides is 1. The zero-order valence-electron chi connectivity index (χ0n) is 19.7. The van der Waals surface area contributed by atoms with Crippen molar-refractivity contribution in [2.45, 2.75) is 4.90 Å². The molecule has 0 aromatic heterocycles. The van der Waals surface area contributed by atoms with E-state index in [1.54, 1.807) is 54.6 Å². The normalized spacial score (nSPS) is 11.1. The number of amides is 1. The van der Waals surface area contributed by atoms with Crippen molar-refractivity contribution < 1.29 is 32.2 Å². The van der Waals surface area contributed by atoms with Crippen molar-refractivity contribution in [1.82, 2.24) is 0 Å². The SMILES string of the molecule is COc1ccc(NS(=O)(=O)c2cc(NC(=O)/C=C/c3cc(OC)cc(OC)c3)ccc2OC)cc1. The molecular formula is C25H26N2O7S. The monoisotopic (exact) mass is 498 g/mol. The topological polar surface area (TPSA) is 112 Å². The Morgan fingerprint density at radius 2 is 1.34 bits per heavy atom. The van der Waals surface area contributed by atoms with Crippen molar-refractivity contribution in [1.29, 1.82) is 0 Å². The summed E-state index contributed by atoms with van der Waals surface area (Å²) < 4.78 is 49.3. The van der Waals surface area contributed by atoms with Crippen LogP contribution in [-0.2, 0) is 14.8 Å². The van der Waals surface area contributed by atoms with Gasteiger partial charge in [0, 0.05) is 23.5 Å². The van der Waals surface area contributed by atoms with Crippen molar-refractivity contribution in [3.05, 3.63) is 72.3 Å². The van der Waals surface area contributed by atoms with Gasteiger partial charge < -0.3 is 24.3 Å². The summed E-state index contributed by atoms with van der Waals surface area (Å²) in [5.74, 6) is 1.43. The van der Waals surface area contributed by atoms with E-state index in [9.17, 15) is 13.2 Å². The molecule has 0 saturated carbocycles. The zero-order valence-corrected chi connectivity index (χ0v) is 20.5. The van der Waals surface area contributed by atoms with Crippen LogP contribution in [0, 0.1) is 0 Å². The molecule has 10 heteroatoms. The summed E-state index contributed by atoms with van der Waals surface area (Å²) in [6, 6.07) is 16.0. The van der Waals surface area contributed by atoms with Crippen molar-refractivity contribution >= 4 is 33.4 Å². The number of anilines is 2. The Kier molecular flexibility index (Phi) is 8.21. The van der Waals surface area contributed by atoms with Crippen LogP contribution < -0.4 is 29.0 Å². The molecule has 35 heavy (non-hydrogen) atoms. The number of nitrogens with one attached hydrogen (secondary N) is 2. The minimum atomic E-state index is -4.02. The molecule has 0 aliphatic heterocycles. The van der Waals surface area contributed by atoms with Gasteiger partial charge in [0.1, 0.15) is 27.9 Å². The molecule has 0 heterocycles. The van der Waals surface area contributed by atoms with Crippen LogP contribution in [0.4, 0.5) is 11.4 Å². The quantitative estimate of drug-likeness (QED) is 0.404. The summed E-state index contributed by atoms with van der Waals surface area (Å²) in [6.07, 6.45) is 2.91. The molecule has 1 amide bonds. The molecule has 0 aliphatic rings. The molecule has 0 fully saturated rings. The molecule has 3 aromatic rings. The largest absolute Gasteiger partial charge is 0.497 e. The van der Waals surface area contributed by atoms with E-state index in [0.717, 1.165) is 0 Å². The van der Waals surface area contributed by atoms with Crippen LogP contribution in [0.15, 0.2) is 71.6 Å². The Bertz CT molecular complexity index is 1300. The Hall–Kier alpha value is -4.18. The Morgan fingerprint density at radius 3 is 1.91 bits per heavy atom. The Morgan fingerprint density at radius 1 is 0.743 bits per heavy atom. The molecule has 0 aliphatic carbocycles. The minimum Gasteiger partial charge on any atom is -0.497 e. The summed E-state index contributed by atoms with van der Waals surface area (Å²) in [7, 11) is 1.94. The van der Waals surface area contributed by atoms with Gasteiger partial charge in [-0.3, -0.25) is 9.52 Å². The second-order valence-corrected chi connectivity index (χ2v) is 8.82. The third kappa shape index (κ3) is 6.67. The van der Waals surface area contributed by atoms with Crippen LogP contribution in [0.3, 0.4) is 0 Å². The van der Waals surface area contributed by atoms with Crippen molar-refractivity contribution in [3.8, 4) is 23.0 Å². The van der Waals surface area contributed by atoms with Gasteiger partial charge in [0.15, 0.2) is 0 Å². The molecular weight excluding hydrogens is 472 g/mol. The van der Waals surface area contributed by atoms with E-state index in [2.05, 4.69) is 10.0 Å². The summed E-state index contributed by atoms with van der Waals surface area (Å²) in [6.45, 7) is 0. The minimum absolute atomic E-state index is 0.128. The van der Waals surface area contributed by atoms with Gasteiger partial charge in [0.2, 0.25) is 5.91 Å². The van der Waals surface area contributed by atoms with Crippen LogP contribution in [0.5, 0.6) is 23.0 Å². The lowest BCUT2D eigenvalue weighted by Gasteiger charge is -2.13. The fraction of sp³-hybridized carbons (Fsp3) is 0.160. The first-order valence-electron chi connectivity index (χ1n) is 10.3. The van der Waals surface area contributed by atoms with Crippen LogP contribution in [0.1, 0.15) is 5.56 Å². The lowest BCUT2D eigenvalue weighted by molar-refractivity contribution is -0.111. The first kappa shape index (κ1) is 25.4. The van der Waals surface area contributed by atoms with Crippen LogP contribution in [0.2, 0.25) is 0 Å². The second kappa shape index (κ2) is 11.3.